The molecule has 8 heteroatoms. The quantitative estimate of drug-likeness (QED) is 0.316. The van der Waals surface area contributed by atoms with E-state index in [4.69, 9.17) is 14.2 Å². The number of hydrogen-bond acceptors (Lipinski definition) is 6. The molecule has 0 bridgehead atoms. The Bertz CT molecular complexity index is 1490. The van der Waals surface area contributed by atoms with Crippen molar-refractivity contribution in [1.82, 2.24) is 15.1 Å². The molecule has 2 aliphatic heterocycles. The molecule has 0 spiro atoms. The number of hydrogen-bond donors (Lipinski definition) is 2. The smallest absolute Gasteiger partial charge is 0.273 e. The second-order valence-electron chi connectivity index (χ2n) is 10.0. The van der Waals surface area contributed by atoms with Gasteiger partial charge in [0.05, 0.1) is 12.6 Å². The van der Waals surface area contributed by atoms with Crippen LogP contribution in [-0.2, 0) is 6.54 Å². The number of carbonyl (C=O) groups excluding carboxylic acids is 1. The monoisotopic (exact) mass is 511 g/mol. The molecule has 38 heavy (non-hydrogen) atoms. The minimum Gasteiger partial charge on any atom is -0.507 e. The van der Waals surface area contributed by atoms with Crippen LogP contribution in [0.2, 0.25) is 0 Å². The molecule has 3 heterocycles. The maximum atomic E-state index is 13.8. The van der Waals surface area contributed by atoms with Gasteiger partial charge in [-0.3, -0.25) is 9.89 Å². The van der Waals surface area contributed by atoms with E-state index >= 15 is 0 Å². The van der Waals surface area contributed by atoms with Crippen LogP contribution in [0.4, 0.5) is 0 Å². The van der Waals surface area contributed by atoms with E-state index in [0.717, 1.165) is 28.9 Å². The molecule has 6 rings (SSSR count). The van der Waals surface area contributed by atoms with E-state index < -0.39 is 6.04 Å². The number of fused-ring (bicyclic) bond motifs is 2. The number of rotatable bonds is 8. The number of aromatic nitrogens is 2. The van der Waals surface area contributed by atoms with Crippen LogP contribution in [0.3, 0.4) is 0 Å². The van der Waals surface area contributed by atoms with Crippen molar-refractivity contribution in [3.63, 3.8) is 0 Å². The Morgan fingerprint density at radius 1 is 1.08 bits per heavy atom. The molecule has 1 atom stereocenters. The summed E-state index contributed by atoms with van der Waals surface area (Å²) in [7, 11) is 0. The number of nitrogens with zero attached hydrogens (tertiary/aromatic N) is 2. The van der Waals surface area contributed by atoms with Gasteiger partial charge in [-0.2, -0.15) is 5.10 Å². The first kappa shape index (κ1) is 23.9. The predicted molar refractivity (Wildman–Crippen MR) is 141 cm³/mol. The molecule has 2 aliphatic rings. The second-order valence-corrected chi connectivity index (χ2v) is 10.0. The van der Waals surface area contributed by atoms with Crippen molar-refractivity contribution in [2.75, 3.05) is 13.4 Å². The van der Waals surface area contributed by atoms with Crippen molar-refractivity contribution in [3.8, 4) is 34.3 Å². The minimum atomic E-state index is -0.440. The zero-order valence-corrected chi connectivity index (χ0v) is 21.3. The maximum Gasteiger partial charge on any atom is 0.273 e. The highest BCUT2D eigenvalue weighted by atomic mass is 16.7. The highest BCUT2D eigenvalue weighted by Gasteiger charge is 2.42. The van der Waals surface area contributed by atoms with Crippen molar-refractivity contribution in [2.24, 2.45) is 5.92 Å². The van der Waals surface area contributed by atoms with Gasteiger partial charge >= 0.3 is 0 Å². The molecule has 0 fully saturated rings. The Morgan fingerprint density at radius 2 is 1.92 bits per heavy atom. The molecule has 0 saturated carbocycles. The molecular weight excluding hydrogens is 482 g/mol. The first-order valence-corrected chi connectivity index (χ1v) is 12.8. The van der Waals surface area contributed by atoms with Crippen molar-refractivity contribution in [3.05, 3.63) is 89.1 Å². The van der Waals surface area contributed by atoms with Gasteiger partial charge in [0.15, 0.2) is 11.5 Å². The molecule has 8 nitrogen and oxygen atoms in total. The highest BCUT2D eigenvalue weighted by Crippen LogP contribution is 2.46. The second kappa shape index (κ2) is 9.78. The zero-order chi connectivity index (χ0) is 26.2. The maximum absolute atomic E-state index is 13.8. The number of H-pyrrole nitrogens is 1. The average Bonchev–Trinajstić information content (AvgIpc) is 3.61. The number of benzene rings is 3. The van der Waals surface area contributed by atoms with Crippen LogP contribution in [0.5, 0.6) is 23.0 Å². The van der Waals surface area contributed by atoms with Gasteiger partial charge < -0.3 is 24.2 Å². The Kier molecular flexibility index (Phi) is 6.15. The molecular formula is C30H29N3O5. The van der Waals surface area contributed by atoms with E-state index in [-0.39, 0.29) is 18.4 Å². The molecule has 1 amide bonds. The third kappa shape index (κ3) is 4.32. The SMILES string of the molecule is CC(C)CCOc1cccc([C@@H]2c3c(-c4ccccc4O)n[nH]c3C(=O)N2Cc2ccc3c(c2)OCO3)c1. The van der Waals surface area contributed by atoms with Crippen LogP contribution in [0.1, 0.15) is 53.5 Å². The fourth-order valence-electron chi connectivity index (χ4n) is 5.01. The molecule has 0 saturated heterocycles. The lowest BCUT2D eigenvalue weighted by molar-refractivity contribution is 0.0729. The molecule has 194 valence electrons. The first-order chi connectivity index (χ1) is 18.5. The van der Waals surface area contributed by atoms with Gasteiger partial charge in [-0.1, -0.05) is 44.2 Å². The van der Waals surface area contributed by atoms with E-state index in [2.05, 4.69) is 24.0 Å². The van der Waals surface area contributed by atoms with E-state index in [0.29, 0.717) is 47.5 Å². The number of ether oxygens (including phenoxy) is 3. The number of phenols is 1. The number of para-hydroxylation sites is 1. The van der Waals surface area contributed by atoms with Gasteiger partial charge in [-0.25, -0.2) is 0 Å². The van der Waals surface area contributed by atoms with Crippen LogP contribution in [0.25, 0.3) is 11.3 Å². The molecule has 1 aromatic heterocycles. The average molecular weight is 512 g/mol. The first-order valence-electron chi connectivity index (χ1n) is 12.8. The lowest BCUT2D eigenvalue weighted by Gasteiger charge is -2.27. The van der Waals surface area contributed by atoms with Crippen molar-refractivity contribution < 1.29 is 24.1 Å². The minimum absolute atomic E-state index is 0.105. The van der Waals surface area contributed by atoms with E-state index in [1.807, 2.05) is 53.4 Å². The normalized spacial score (nSPS) is 15.8. The number of amides is 1. The van der Waals surface area contributed by atoms with Gasteiger partial charge in [0.2, 0.25) is 6.79 Å². The fourth-order valence-corrected chi connectivity index (χ4v) is 5.01. The molecule has 4 aromatic rings. The van der Waals surface area contributed by atoms with E-state index in [1.165, 1.54) is 0 Å². The lowest BCUT2D eigenvalue weighted by Crippen LogP contribution is -2.29. The van der Waals surface area contributed by atoms with Gasteiger partial charge in [0.25, 0.3) is 5.91 Å². The molecule has 3 aromatic carbocycles. The summed E-state index contributed by atoms with van der Waals surface area (Å²) < 4.78 is 17.1. The summed E-state index contributed by atoms with van der Waals surface area (Å²) in [6.07, 6.45) is 0.950. The number of phenolic OH excluding ortho intramolecular Hbond substituents is 1. The largest absolute Gasteiger partial charge is 0.507 e. The number of carbonyl (C=O) groups is 1. The summed E-state index contributed by atoms with van der Waals surface area (Å²) >= 11 is 0. The summed E-state index contributed by atoms with van der Waals surface area (Å²) in [6.45, 7) is 5.48. The topological polar surface area (TPSA) is 96.9 Å². The fraction of sp³-hybridized carbons (Fsp3) is 0.267. The predicted octanol–water partition coefficient (Wildman–Crippen LogP) is 5.68. The standard InChI is InChI=1S/C30H29N3O5/c1-18(2)12-13-36-21-7-5-6-20(15-21)29-26-27(22-8-3-4-9-23(22)34)31-32-28(26)30(35)33(29)16-19-10-11-24-25(14-19)38-17-37-24/h3-11,14-15,18,29,34H,12-13,16-17H2,1-2H3,(H,31,32)/t29-/m1/s1. The zero-order valence-electron chi connectivity index (χ0n) is 21.3. The van der Waals surface area contributed by atoms with Crippen LogP contribution in [0.15, 0.2) is 66.7 Å². The molecule has 0 aliphatic carbocycles. The molecule has 2 N–H and O–H groups in total. The number of aromatic hydroxyl groups is 1. The lowest BCUT2D eigenvalue weighted by atomic mass is 9.95. The van der Waals surface area contributed by atoms with Crippen LogP contribution >= 0.6 is 0 Å². The Hall–Kier alpha value is -4.46. The third-order valence-electron chi connectivity index (χ3n) is 6.95. The van der Waals surface area contributed by atoms with Crippen molar-refractivity contribution in [2.45, 2.75) is 32.9 Å². The summed E-state index contributed by atoms with van der Waals surface area (Å²) in [5.41, 5.74) is 4.08. The number of nitrogens with one attached hydrogen (secondary N) is 1. The summed E-state index contributed by atoms with van der Waals surface area (Å²) in [5.74, 6) is 2.59. The Morgan fingerprint density at radius 3 is 2.76 bits per heavy atom. The molecule has 0 unspecified atom stereocenters. The van der Waals surface area contributed by atoms with Crippen molar-refractivity contribution >= 4 is 5.91 Å². The van der Waals surface area contributed by atoms with Crippen LogP contribution < -0.4 is 14.2 Å². The van der Waals surface area contributed by atoms with Gasteiger partial charge in [-0.15, -0.1) is 0 Å². The van der Waals surface area contributed by atoms with E-state index in [1.54, 1.807) is 18.2 Å². The summed E-state index contributed by atoms with van der Waals surface area (Å²) in [5, 5.41) is 18.0. The van der Waals surface area contributed by atoms with Gasteiger partial charge in [-0.05, 0) is 59.9 Å². The van der Waals surface area contributed by atoms with Crippen molar-refractivity contribution in [1.29, 1.82) is 0 Å². The highest BCUT2D eigenvalue weighted by molar-refractivity contribution is 6.00. The Labute approximate surface area is 220 Å². The third-order valence-corrected chi connectivity index (χ3v) is 6.95. The van der Waals surface area contributed by atoms with Gasteiger partial charge in [0.1, 0.15) is 22.9 Å². The van der Waals surface area contributed by atoms with Crippen LogP contribution in [0, 0.1) is 5.92 Å². The van der Waals surface area contributed by atoms with E-state index in [9.17, 15) is 9.90 Å². The Balaban J connectivity index is 1.42. The molecule has 0 radical (unpaired) electrons. The van der Waals surface area contributed by atoms with Gasteiger partial charge in [0, 0.05) is 17.7 Å². The number of aromatic amines is 1. The summed E-state index contributed by atoms with van der Waals surface area (Å²) in [6, 6.07) is 20.2. The van der Waals surface area contributed by atoms with Crippen LogP contribution in [-0.4, -0.2) is 39.5 Å². The summed E-state index contributed by atoms with van der Waals surface area (Å²) in [4.78, 5) is 15.6.